The van der Waals surface area contributed by atoms with E-state index in [-0.39, 0.29) is 5.78 Å². The number of aliphatic carboxylic acids is 1. The minimum absolute atomic E-state index is 0.278. The number of carbonyl (C=O) groups excluding carboxylic acids is 1. The summed E-state index contributed by atoms with van der Waals surface area (Å²) in [6, 6.07) is 0. The van der Waals surface area contributed by atoms with Crippen LogP contribution in [0.4, 0.5) is 0 Å². The van der Waals surface area contributed by atoms with Gasteiger partial charge in [-0.15, -0.1) is 0 Å². The topological polar surface area (TPSA) is 80.4 Å². The van der Waals surface area contributed by atoms with Crippen molar-refractivity contribution in [1.29, 1.82) is 0 Å². The molecular weight excluding hydrogens is 158 g/mol. The fraction of sp³-hybridized carbons (Fsp3) is 0.750. The van der Waals surface area contributed by atoms with Crippen molar-refractivity contribution in [2.75, 3.05) is 6.54 Å². The van der Waals surface area contributed by atoms with Gasteiger partial charge >= 0.3 is 5.97 Å². The number of hydrogen-bond donors (Lipinski definition) is 2. The van der Waals surface area contributed by atoms with E-state index in [2.05, 4.69) is 0 Å². The van der Waals surface area contributed by atoms with Crippen molar-refractivity contribution in [3.8, 4) is 0 Å². The van der Waals surface area contributed by atoms with E-state index in [1.165, 1.54) is 6.92 Å². The van der Waals surface area contributed by atoms with Gasteiger partial charge in [0.1, 0.15) is 11.7 Å². The van der Waals surface area contributed by atoms with Crippen LogP contribution in [0, 0.1) is 5.92 Å². The van der Waals surface area contributed by atoms with Gasteiger partial charge in [-0.25, -0.2) is 0 Å². The molecular formula is C8H15NO3. The Morgan fingerprint density at radius 1 is 1.42 bits per heavy atom. The SMILES string of the molecule is CC(=O)C(CCCCN)C(=O)O. The molecule has 0 heterocycles. The van der Waals surface area contributed by atoms with Gasteiger partial charge in [0.15, 0.2) is 0 Å². The minimum atomic E-state index is -1.03. The molecule has 0 saturated heterocycles. The third kappa shape index (κ3) is 4.08. The Labute approximate surface area is 71.8 Å². The number of unbranched alkanes of at least 4 members (excludes halogenated alkanes) is 1. The van der Waals surface area contributed by atoms with Crippen LogP contribution in [0.3, 0.4) is 0 Å². The van der Waals surface area contributed by atoms with Crippen molar-refractivity contribution >= 4 is 11.8 Å². The zero-order chi connectivity index (χ0) is 9.56. The van der Waals surface area contributed by atoms with Crippen molar-refractivity contribution < 1.29 is 14.7 Å². The molecule has 0 radical (unpaired) electrons. The molecule has 0 aliphatic heterocycles. The predicted octanol–water partition coefficient (Wildman–Crippen LogP) is 0.405. The molecule has 0 fully saturated rings. The fourth-order valence-corrected chi connectivity index (χ4v) is 0.993. The fourth-order valence-electron chi connectivity index (χ4n) is 0.993. The molecule has 4 nitrogen and oxygen atoms in total. The van der Waals surface area contributed by atoms with Crippen LogP contribution >= 0.6 is 0 Å². The van der Waals surface area contributed by atoms with Crippen LogP contribution in [0.5, 0.6) is 0 Å². The molecule has 4 heteroatoms. The molecule has 0 aromatic carbocycles. The third-order valence-electron chi connectivity index (χ3n) is 1.74. The highest BCUT2D eigenvalue weighted by atomic mass is 16.4. The van der Waals surface area contributed by atoms with Crippen LogP contribution in [-0.2, 0) is 9.59 Å². The van der Waals surface area contributed by atoms with Crippen LogP contribution in [0.2, 0.25) is 0 Å². The lowest BCUT2D eigenvalue weighted by atomic mass is 9.98. The highest BCUT2D eigenvalue weighted by Gasteiger charge is 2.21. The molecule has 3 N–H and O–H groups in total. The summed E-state index contributed by atoms with van der Waals surface area (Å²) < 4.78 is 0. The zero-order valence-electron chi connectivity index (χ0n) is 7.25. The van der Waals surface area contributed by atoms with Gasteiger partial charge in [-0.05, 0) is 26.3 Å². The van der Waals surface area contributed by atoms with Crippen LogP contribution in [0.25, 0.3) is 0 Å². The molecule has 70 valence electrons. The summed E-state index contributed by atoms with van der Waals surface area (Å²) in [7, 11) is 0. The lowest BCUT2D eigenvalue weighted by Crippen LogP contribution is -2.21. The number of carbonyl (C=O) groups is 2. The number of ketones is 1. The Hall–Kier alpha value is -0.900. The molecule has 1 unspecified atom stereocenters. The first-order valence-electron chi connectivity index (χ1n) is 4.03. The van der Waals surface area contributed by atoms with Gasteiger partial charge < -0.3 is 10.8 Å². The summed E-state index contributed by atoms with van der Waals surface area (Å²) in [6.45, 7) is 1.85. The predicted molar refractivity (Wildman–Crippen MR) is 44.7 cm³/mol. The largest absolute Gasteiger partial charge is 0.481 e. The second-order valence-electron chi connectivity index (χ2n) is 2.79. The Kier molecular flexibility index (Phi) is 5.28. The van der Waals surface area contributed by atoms with E-state index in [4.69, 9.17) is 10.8 Å². The minimum Gasteiger partial charge on any atom is -0.481 e. The quantitative estimate of drug-likeness (QED) is 0.450. The van der Waals surface area contributed by atoms with Gasteiger partial charge in [0.05, 0.1) is 0 Å². The first-order valence-corrected chi connectivity index (χ1v) is 4.03. The number of carboxylic acids is 1. The highest BCUT2D eigenvalue weighted by molar-refractivity contribution is 5.96. The molecule has 0 saturated carbocycles. The van der Waals surface area contributed by atoms with Gasteiger partial charge in [-0.3, -0.25) is 9.59 Å². The monoisotopic (exact) mass is 173 g/mol. The van der Waals surface area contributed by atoms with Gasteiger partial charge in [0.25, 0.3) is 0 Å². The Balaban J connectivity index is 3.80. The summed E-state index contributed by atoms with van der Waals surface area (Å²) in [6.07, 6.45) is 1.88. The van der Waals surface area contributed by atoms with E-state index in [0.29, 0.717) is 19.4 Å². The van der Waals surface area contributed by atoms with Gasteiger partial charge in [-0.1, -0.05) is 6.42 Å². The molecule has 0 aromatic rings. The van der Waals surface area contributed by atoms with Crippen molar-refractivity contribution in [1.82, 2.24) is 0 Å². The van der Waals surface area contributed by atoms with Crippen molar-refractivity contribution in [2.45, 2.75) is 26.2 Å². The van der Waals surface area contributed by atoms with Crippen molar-refractivity contribution in [3.05, 3.63) is 0 Å². The Morgan fingerprint density at radius 2 is 2.00 bits per heavy atom. The summed E-state index contributed by atoms with van der Waals surface area (Å²) in [5.41, 5.74) is 5.23. The molecule has 0 aliphatic rings. The Morgan fingerprint density at radius 3 is 2.33 bits per heavy atom. The van der Waals surface area contributed by atoms with Crippen molar-refractivity contribution in [3.63, 3.8) is 0 Å². The first-order chi connectivity index (χ1) is 5.59. The maximum absolute atomic E-state index is 10.8. The lowest BCUT2D eigenvalue weighted by molar-refractivity contribution is -0.146. The second-order valence-corrected chi connectivity index (χ2v) is 2.79. The molecule has 0 bridgehead atoms. The van der Waals surface area contributed by atoms with Gasteiger partial charge in [0.2, 0.25) is 0 Å². The number of Topliss-reactive ketones (excluding diaryl/α,β-unsaturated/α-hetero) is 1. The summed E-state index contributed by atoms with van der Waals surface area (Å²) >= 11 is 0. The van der Waals surface area contributed by atoms with Gasteiger partial charge in [-0.2, -0.15) is 0 Å². The average molecular weight is 173 g/mol. The van der Waals surface area contributed by atoms with Crippen LogP contribution in [-0.4, -0.2) is 23.4 Å². The molecule has 12 heavy (non-hydrogen) atoms. The first kappa shape index (κ1) is 11.1. The Bertz CT molecular complexity index is 154. The lowest BCUT2D eigenvalue weighted by Gasteiger charge is -2.06. The normalized spacial score (nSPS) is 12.5. The number of nitrogens with two attached hydrogens (primary N) is 1. The van der Waals surface area contributed by atoms with Crippen LogP contribution < -0.4 is 5.73 Å². The summed E-state index contributed by atoms with van der Waals surface area (Å²) in [5, 5.41) is 8.59. The number of rotatable bonds is 6. The maximum atomic E-state index is 10.8. The molecule has 0 spiro atoms. The molecule has 0 rings (SSSR count). The van der Waals surface area contributed by atoms with E-state index in [1.54, 1.807) is 0 Å². The maximum Gasteiger partial charge on any atom is 0.314 e. The summed E-state index contributed by atoms with van der Waals surface area (Å²) in [5.74, 6) is -2.14. The average Bonchev–Trinajstić information content (AvgIpc) is 1.96. The molecule has 1 atom stereocenters. The zero-order valence-corrected chi connectivity index (χ0v) is 7.25. The third-order valence-corrected chi connectivity index (χ3v) is 1.74. The van der Waals surface area contributed by atoms with Gasteiger partial charge in [0, 0.05) is 0 Å². The van der Waals surface area contributed by atoms with Crippen LogP contribution in [0.1, 0.15) is 26.2 Å². The highest BCUT2D eigenvalue weighted by Crippen LogP contribution is 2.09. The van der Waals surface area contributed by atoms with Crippen molar-refractivity contribution in [2.24, 2.45) is 11.7 Å². The second kappa shape index (κ2) is 5.71. The molecule has 0 aromatic heterocycles. The van der Waals surface area contributed by atoms with E-state index < -0.39 is 11.9 Å². The smallest absolute Gasteiger partial charge is 0.314 e. The molecule has 0 amide bonds. The number of hydrogen-bond acceptors (Lipinski definition) is 3. The summed E-state index contributed by atoms with van der Waals surface area (Å²) in [4.78, 5) is 21.3. The standard InChI is InChI=1S/C8H15NO3/c1-6(10)7(8(11)12)4-2-3-5-9/h7H,2-5,9H2,1H3,(H,11,12). The van der Waals surface area contributed by atoms with E-state index in [0.717, 1.165) is 6.42 Å². The van der Waals surface area contributed by atoms with E-state index in [1.807, 2.05) is 0 Å². The number of carboxylic acid groups (broad SMARTS) is 1. The molecule has 0 aliphatic carbocycles. The van der Waals surface area contributed by atoms with E-state index in [9.17, 15) is 9.59 Å². The van der Waals surface area contributed by atoms with E-state index >= 15 is 0 Å². The van der Waals surface area contributed by atoms with Crippen LogP contribution in [0.15, 0.2) is 0 Å².